The quantitative estimate of drug-likeness (QED) is 0.938. The van der Waals surface area contributed by atoms with Crippen LogP contribution >= 0.6 is 0 Å². The molecule has 1 aliphatic carbocycles. The molecule has 0 saturated heterocycles. The Bertz CT molecular complexity index is 604. The van der Waals surface area contributed by atoms with E-state index in [4.69, 9.17) is 15.0 Å². The van der Waals surface area contributed by atoms with E-state index in [0.29, 0.717) is 11.7 Å². The van der Waals surface area contributed by atoms with Crippen LogP contribution in [0.25, 0.3) is 11.4 Å². The van der Waals surface area contributed by atoms with E-state index in [1.54, 1.807) is 7.11 Å². The van der Waals surface area contributed by atoms with Crippen molar-refractivity contribution in [2.75, 3.05) is 7.11 Å². The van der Waals surface area contributed by atoms with Gasteiger partial charge in [-0.25, -0.2) is 0 Å². The number of methoxy groups -OCH3 is 1. The van der Waals surface area contributed by atoms with Gasteiger partial charge in [-0.1, -0.05) is 18.0 Å². The number of ether oxygens (including phenoxy) is 1. The average Bonchev–Trinajstić information content (AvgIpc) is 2.96. The first-order valence-corrected chi connectivity index (χ1v) is 7.37. The molecular weight excluding hydrogens is 266 g/mol. The molecule has 3 rings (SSSR count). The molecule has 0 radical (unpaired) electrons. The summed E-state index contributed by atoms with van der Waals surface area (Å²) < 4.78 is 10.6. The average molecular weight is 287 g/mol. The smallest absolute Gasteiger partial charge is 0.231 e. The Kier molecular flexibility index (Phi) is 3.68. The number of hydrogen-bond acceptors (Lipinski definition) is 5. The fourth-order valence-corrected chi connectivity index (χ4v) is 3.00. The number of benzene rings is 1. The molecule has 2 atom stereocenters. The first kappa shape index (κ1) is 14.1. The molecule has 2 aromatic rings. The molecular formula is C16H21N3O2. The van der Waals surface area contributed by atoms with Crippen LogP contribution in [-0.4, -0.2) is 22.8 Å². The Labute approximate surface area is 124 Å². The van der Waals surface area contributed by atoms with Gasteiger partial charge in [0.25, 0.3) is 0 Å². The van der Waals surface area contributed by atoms with E-state index in [1.165, 1.54) is 6.42 Å². The topological polar surface area (TPSA) is 74.2 Å². The maximum Gasteiger partial charge on any atom is 0.231 e. The molecule has 0 aliphatic heterocycles. The molecule has 2 unspecified atom stereocenters. The van der Waals surface area contributed by atoms with Crippen molar-refractivity contribution in [3.05, 3.63) is 30.2 Å². The highest BCUT2D eigenvalue weighted by Crippen LogP contribution is 2.38. The van der Waals surface area contributed by atoms with Crippen LogP contribution in [0.5, 0.6) is 5.75 Å². The molecule has 1 aromatic heterocycles. The van der Waals surface area contributed by atoms with E-state index in [-0.39, 0.29) is 11.5 Å². The van der Waals surface area contributed by atoms with Crippen LogP contribution in [0.3, 0.4) is 0 Å². The Morgan fingerprint density at radius 1 is 1.29 bits per heavy atom. The van der Waals surface area contributed by atoms with E-state index in [0.717, 1.165) is 30.6 Å². The van der Waals surface area contributed by atoms with Crippen molar-refractivity contribution in [2.45, 2.75) is 44.1 Å². The van der Waals surface area contributed by atoms with Crippen LogP contribution < -0.4 is 10.5 Å². The second-order valence-electron chi connectivity index (χ2n) is 5.99. The highest BCUT2D eigenvalue weighted by Gasteiger charge is 2.37. The monoisotopic (exact) mass is 287 g/mol. The zero-order valence-electron chi connectivity index (χ0n) is 12.5. The van der Waals surface area contributed by atoms with Gasteiger partial charge in [-0.05, 0) is 44.0 Å². The molecule has 1 aromatic carbocycles. The molecule has 1 saturated carbocycles. The van der Waals surface area contributed by atoms with E-state index >= 15 is 0 Å². The number of nitrogens with two attached hydrogens (primary N) is 1. The second-order valence-corrected chi connectivity index (χ2v) is 5.99. The van der Waals surface area contributed by atoms with Crippen molar-refractivity contribution in [3.8, 4) is 17.1 Å². The lowest BCUT2D eigenvalue weighted by molar-refractivity contribution is 0.223. The summed E-state index contributed by atoms with van der Waals surface area (Å²) >= 11 is 0. The summed E-state index contributed by atoms with van der Waals surface area (Å²) in [5.74, 6) is 2.22. The Morgan fingerprint density at radius 3 is 2.71 bits per heavy atom. The van der Waals surface area contributed by atoms with Crippen LogP contribution in [0, 0.1) is 0 Å². The van der Waals surface area contributed by atoms with Gasteiger partial charge in [0.05, 0.1) is 13.0 Å². The van der Waals surface area contributed by atoms with Crippen molar-refractivity contribution >= 4 is 0 Å². The van der Waals surface area contributed by atoms with Gasteiger partial charge >= 0.3 is 0 Å². The summed E-state index contributed by atoms with van der Waals surface area (Å²) in [7, 11) is 1.65. The normalized spacial score (nSPS) is 25.8. The van der Waals surface area contributed by atoms with Gasteiger partial charge in [0, 0.05) is 11.1 Å². The van der Waals surface area contributed by atoms with Gasteiger partial charge in [0.1, 0.15) is 5.75 Å². The van der Waals surface area contributed by atoms with E-state index in [9.17, 15) is 0 Å². The van der Waals surface area contributed by atoms with Crippen molar-refractivity contribution in [1.82, 2.24) is 10.1 Å². The molecule has 1 fully saturated rings. The van der Waals surface area contributed by atoms with E-state index < -0.39 is 0 Å². The predicted molar refractivity (Wildman–Crippen MR) is 80.1 cm³/mol. The van der Waals surface area contributed by atoms with Gasteiger partial charge in [-0.3, -0.25) is 0 Å². The third-order valence-corrected chi connectivity index (χ3v) is 4.34. The fourth-order valence-electron chi connectivity index (χ4n) is 3.00. The fraction of sp³-hybridized carbons (Fsp3) is 0.500. The lowest BCUT2D eigenvalue weighted by Gasteiger charge is -2.35. The molecule has 1 heterocycles. The molecule has 0 spiro atoms. The zero-order chi connectivity index (χ0) is 14.9. The predicted octanol–water partition coefficient (Wildman–Crippen LogP) is 3.12. The number of rotatable bonds is 3. The summed E-state index contributed by atoms with van der Waals surface area (Å²) in [5, 5.41) is 4.10. The second kappa shape index (κ2) is 5.48. The third kappa shape index (κ3) is 2.78. The maximum atomic E-state index is 6.40. The minimum absolute atomic E-state index is 0.144. The molecule has 1 aliphatic rings. The van der Waals surface area contributed by atoms with Crippen molar-refractivity contribution in [3.63, 3.8) is 0 Å². The van der Waals surface area contributed by atoms with Crippen molar-refractivity contribution in [2.24, 2.45) is 5.73 Å². The largest absolute Gasteiger partial charge is 0.497 e. The Balaban J connectivity index is 1.85. The zero-order valence-corrected chi connectivity index (χ0v) is 12.5. The Hall–Kier alpha value is -1.88. The summed E-state index contributed by atoms with van der Waals surface area (Å²) in [6.45, 7) is 2.08. The lowest BCUT2D eigenvalue weighted by atomic mass is 9.74. The summed E-state index contributed by atoms with van der Waals surface area (Å²) in [6, 6.07) is 7.63. The number of nitrogens with zero attached hydrogens (tertiary/aromatic N) is 2. The molecule has 5 nitrogen and oxygen atoms in total. The summed E-state index contributed by atoms with van der Waals surface area (Å²) in [5.41, 5.74) is 7.05. The van der Waals surface area contributed by atoms with Crippen LogP contribution in [0.1, 0.15) is 44.4 Å². The van der Waals surface area contributed by atoms with Crippen LogP contribution in [0.2, 0.25) is 0 Å². The molecule has 0 bridgehead atoms. The van der Waals surface area contributed by atoms with E-state index in [2.05, 4.69) is 17.1 Å². The first-order chi connectivity index (χ1) is 10.1. The summed E-state index contributed by atoms with van der Waals surface area (Å²) in [6.07, 6.45) is 4.34. The van der Waals surface area contributed by atoms with Gasteiger partial charge in [-0.2, -0.15) is 4.98 Å². The third-order valence-electron chi connectivity index (χ3n) is 4.34. The summed E-state index contributed by atoms with van der Waals surface area (Å²) in [4.78, 5) is 4.56. The highest BCUT2D eigenvalue weighted by molar-refractivity contribution is 5.55. The minimum atomic E-state index is -0.262. The van der Waals surface area contributed by atoms with Crippen molar-refractivity contribution in [1.29, 1.82) is 0 Å². The number of hydrogen-bond donors (Lipinski definition) is 1. The lowest BCUT2D eigenvalue weighted by Crippen LogP contribution is -2.44. The van der Waals surface area contributed by atoms with Crippen molar-refractivity contribution < 1.29 is 9.26 Å². The first-order valence-electron chi connectivity index (χ1n) is 7.37. The van der Waals surface area contributed by atoms with Gasteiger partial charge < -0.3 is 15.0 Å². The van der Waals surface area contributed by atoms with Crippen LogP contribution in [0.4, 0.5) is 0 Å². The molecule has 5 heteroatoms. The SMILES string of the molecule is COc1ccc(-c2noc(C3CCCCC3(C)N)n2)cc1. The Morgan fingerprint density at radius 2 is 2.05 bits per heavy atom. The van der Waals surface area contributed by atoms with Gasteiger partial charge in [0.15, 0.2) is 0 Å². The van der Waals surface area contributed by atoms with E-state index in [1.807, 2.05) is 24.3 Å². The molecule has 112 valence electrons. The highest BCUT2D eigenvalue weighted by atomic mass is 16.5. The molecule has 2 N–H and O–H groups in total. The van der Waals surface area contributed by atoms with Gasteiger partial charge in [0.2, 0.25) is 11.7 Å². The minimum Gasteiger partial charge on any atom is -0.497 e. The van der Waals surface area contributed by atoms with Gasteiger partial charge in [-0.15, -0.1) is 0 Å². The van der Waals surface area contributed by atoms with Crippen LogP contribution in [0.15, 0.2) is 28.8 Å². The maximum absolute atomic E-state index is 6.40. The standard InChI is InChI=1S/C16H21N3O2/c1-16(17)10-4-3-5-13(16)15-18-14(19-21-15)11-6-8-12(20-2)9-7-11/h6-9,13H,3-5,10,17H2,1-2H3. The molecule has 21 heavy (non-hydrogen) atoms. The van der Waals surface area contributed by atoms with Crippen LogP contribution in [-0.2, 0) is 0 Å². The molecule has 0 amide bonds. The number of aromatic nitrogens is 2.